The van der Waals surface area contributed by atoms with Crippen molar-refractivity contribution in [1.29, 1.82) is 0 Å². The smallest absolute Gasteiger partial charge is 0.239 e. The highest BCUT2D eigenvalue weighted by atomic mass is 16.6. The fourth-order valence-corrected chi connectivity index (χ4v) is 2.27. The Kier molecular flexibility index (Phi) is 4.45. The largest absolute Gasteiger partial charge is 0.376 e. The third-order valence-electron chi connectivity index (χ3n) is 3.36. The first-order valence-electron chi connectivity index (χ1n) is 7.05. The highest BCUT2D eigenvalue weighted by Crippen LogP contribution is 2.17. The van der Waals surface area contributed by atoms with Crippen molar-refractivity contribution < 1.29 is 14.3 Å². The number of rotatable bonds is 5. The molecule has 1 saturated heterocycles. The molecule has 1 aliphatic heterocycles. The molecule has 1 atom stereocenters. The van der Waals surface area contributed by atoms with Crippen molar-refractivity contribution in [2.24, 2.45) is 0 Å². The van der Waals surface area contributed by atoms with Gasteiger partial charge >= 0.3 is 0 Å². The zero-order valence-corrected chi connectivity index (χ0v) is 12.3. The summed E-state index contributed by atoms with van der Waals surface area (Å²) in [6.07, 6.45) is 2.90. The molecule has 2 aromatic heterocycles. The Morgan fingerprint density at radius 2 is 2.36 bits per heavy atom. The van der Waals surface area contributed by atoms with E-state index < -0.39 is 0 Å². The molecule has 1 fully saturated rings. The quantitative estimate of drug-likeness (QED) is 0.754. The van der Waals surface area contributed by atoms with E-state index in [0.29, 0.717) is 43.3 Å². The molecule has 0 aromatic carbocycles. The topological polar surface area (TPSA) is 105 Å². The van der Waals surface area contributed by atoms with Crippen molar-refractivity contribution in [2.45, 2.75) is 6.10 Å². The third-order valence-corrected chi connectivity index (χ3v) is 3.36. The standard InChI is InChI=1S/C13H18N6O3/c1-19(13-11-12(16-7-15-11)17-8-18-13)5-10(20)14-4-9-6-21-2-3-22-9/h7-9H,2-6H2,1H3,(H,14,20)(H,15,16,17,18)/t9-/m0/s1. The summed E-state index contributed by atoms with van der Waals surface area (Å²) in [5, 5.41) is 2.84. The molecular formula is C13H18N6O3. The average molecular weight is 306 g/mol. The summed E-state index contributed by atoms with van der Waals surface area (Å²) < 4.78 is 10.8. The van der Waals surface area contributed by atoms with Crippen molar-refractivity contribution in [2.75, 3.05) is 44.9 Å². The Morgan fingerprint density at radius 1 is 1.45 bits per heavy atom. The van der Waals surface area contributed by atoms with E-state index >= 15 is 0 Å². The van der Waals surface area contributed by atoms with Crippen molar-refractivity contribution in [3.8, 4) is 0 Å². The number of H-pyrrole nitrogens is 1. The predicted octanol–water partition coefficient (Wildman–Crippen LogP) is -0.679. The lowest BCUT2D eigenvalue weighted by molar-refractivity contribution is -0.122. The number of carbonyl (C=O) groups is 1. The van der Waals surface area contributed by atoms with Crippen molar-refractivity contribution in [3.63, 3.8) is 0 Å². The monoisotopic (exact) mass is 306 g/mol. The van der Waals surface area contributed by atoms with Gasteiger partial charge in [0.1, 0.15) is 11.8 Å². The van der Waals surface area contributed by atoms with Gasteiger partial charge in [0.15, 0.2) is 11.5 Å². The Balaban J connectivity index is 1.55. The fourth-order valence-electron chi connectivity index (χ4n) is 2.27. The minimum Gasteiger partial charge on any atom is -0.376 e. The Labute approximate surface area is 127 Å². The summed E-state index contributed by atoms with van der Waals surface area (Å²) in [5.74, 6) is 0.526. The number of anilines is 1. The van der Waals surface area contributed by atoms with Gasteiger partial charge in [-0.15, -0.1) is 0 Å². The SMILES string of the molecule is CN(CC(=O)NC[C@H]1COCCO1)c1ncnc2nc[nH]c12. The second-order valence-electron chi connectivity index (χ2n) is 5.03. The zero-order valence-electron chi connectivity index (χ0n) is 12.3. The molecule has 1 amide bonds. The van der Waals surface area contributed by atoms with E-state index in [0.717, 1.165) is 0 Å². The summed E-state index contributed by atoms with van der Waals surface area (Å²) in [5.41, 5.74) is 1.28. The number of carbonyl (C=O) groups excluding carboxylic acids is 1. The summed E-state index contributed by atoms with van der Waals surface area (Å²) >= 11 is 0. The van der Waals surface area contributed by atoms with Gasteiger partial charge < -0.3 is 24.7 Å². The lowest BCUT2D eigenvalue weighted by Gasteiger charge is -2.24. The van der Waals surface area contributed by atoms with E-state index in [-0.39, 0.29) is 18.6 Å². The van der Waals surface area contributed by atoms with Crippen molar-refractivity contribution in [1.82, 2.24) is 25.3 Å². The zero-order chi connectivity index (χ0) is 15.4. The Hall–Kier alpha value is -2.26. The number of nitrogens with zero attached hydrogens (tertiary/aromatic N) is 4. The Morgan fingerprint density at radius 3 is 3.18 bits per heavy atom. The summed E-state index contributed by atoms with van der Waals surface area (Å²) in [4.78, 5) is 29.1. The van der Waals surface area contributed by atoms with Crippen LogP contribution in [0, 0.1) is 0 Å². The summed E-state index contributed by atoms with van der Waals surface area (Å²) in [7, 11) is 1.79. The van der Waals surface area contributed by atoms with E-state index in [4.69, 9.17) is 9.47 Å². The average Bonchev–Trinajstić information content (AvgIpc) is 3.02. The van der Waals surface area contributed by atoms with Gasteiger partial charge in [0.2, 0.25) is 5.91 Å². The van der Waals surface area contributed by atoms with E-state index in [9.17, 15) is 4.79 Å². The maximum Gasteiger partial charge on any atom is 0.239 e. The highest BCUT2D eigenvalue weighted by Gasteiger charge is 2.17. The van der Waals surface area contributed by atoms with Gasteiger partial charge in [0.05, 0.1) is 38.8 Å². The van der Waals surface area contributed by atoms with Crippen LogP contribution in [0.3, 0.4) is 0 Å². The lowest BCUT2D eigenvalue weighted by Crippen LogP contribution is -2.43. The van der Waals surface area contributed by atoms with Crippen LogP contribution in [0.25, 0.3) is 11.2 Å². The van der Waals surface area contributed by atoms with Gasteiger partial charge in [-0.2, -0.15) is 0 Å². The number of likely N-dealkylation sites (N-methyl/N-ethyl adjacent to an activating group) is 1. The maximum absolute atomic E-state index is 12.0. The fraction of sp³-hybridized carbons (Fsp3) is 0.538. The normalized spacial score (nSPS) is 18.3. The number of fused-ring (bicyclic) bond motifs is 1. The number of ether oxygens (including phenoxy) is 2. The van der Waals surface area contributed by atoms with Crippen LogP contribution < -0.4 is 10.2 Å². The van der Waals surface area contributed by atoms with Crippen LogP contribution in [0.4, 0.5) is 5.82 Å². The van der Waals surface area contributed by atoms with Gasteiger partial charge in [-0.3, -0.25) is 4.79 Å². The van der Waals surface area contributed by atoms with Gasteiger partial charge in [0.25, 0.3) is 0 Å². The minimum absolute atomic E-state index is 0.0821. The number of amides is 1. The van der Waals surface area contributed by atoms with Crippen molar-refractivity contribution in [3.05, 3.63) is 12.7 Å². The van der Waals surface area contributed by atoms with E-state index in [1.807, 2.05) is 0 Å². The van der Waals surface area contributed by atoms with Crippen LogP contribution >= 0.6 is 0 Å². The predicted molar refractivity (Wildman–Crippen MR) is 78.5 cm³/mol. The molecule has 0 radical (unpaired) electrons. The molecule has 3 heterocycles. The molecule has 0 unspecified atom stereocenters. The second-order valence-corrected chi connectivity index (χ2v) is 5.03. The van der Waals surface area contributed by atoms with Crippen LogP contribution in [-0.2, 0) is 14.3 Å². The number of aromatic amines is 1. The molecule has 0 aliphatic carbocycles. The van der Waals surface area contributed by atoms with Crippen LogP contribution in [0.2, 0.25) is 0 Å². The molecule has 9 nitrogen and oxygen atoms in total. The molecule has 22 heavy (non-hydrogen) atoms. The Bertz CT molecular complexity index is 639. The summed E-state index contributed by atoms with van der Waals surface area (Å²) in [6, 6.07) is 0. The van der Waals surface area contributed by atoms with Crippen LogP contribution in [0.5, 0.6) is 0 Å². The molecule has 3 rings (SSSR count). The number of aromatic nitrogens is 4. The molecule has 0 spiro atoms. The number of imidazole rings is 1. The number of hydrogen-bond acceptors (Lipinski definition) is 7. The van der Waals surface area contributed by atoms with E-state index in [1.165, 1.54) is 6.33 Å². The van der Waals surface area contributed by atoms with Gasteiger partial charge in [-0.05, 0) is 0 Å². The maximum atomic E-state index is 12.0. The lowest BCUT2D eigenvalue weighted by atomic mass is 10.3. The molecule has 0 saturated carbocycles. The molecular weight excluding hydrogens is 288 g/mol. The van der Waals surface area contributed by atoms with E-state index in [2.05, 4.69) is 25.3 Å². The first-order valence-corrected chi connectivity index (χ1v) is 7.05. The second kappa shape index (κ2) is 6.67. The van der Waals surface area contributed by atoms with Crippen molar-refractivity contribution >= 4 is 22.9 Å². The molecule has 0 bridgehead atoms. The van der Waals surface area contributed by atoms with Crippen LogP contribution in [0.1, 0.15) is 0 Å². The number of nitrogens with one attached hydrogen (secondary N) is 2. The van der Waals surface area contributed by atoms with Gasteiger partial charge in [-0.25, -0.2) is 15.0 Å². The number of hydrogen-bond donors (Lipinski definition) is 2. The molecule has 118 valence electrons. The van der Waals surface area contributed by atoms with Crippen LogP contribution in [0.15, 0.2) is 12.7 Å². The first-order chi connectivity index (χ1) is 10.7. The molecule has 9 heteroatoms. The molecule has 2 N–H and O–H groups in total. The molecule has 2 aromatic rings. The van der Waals surface area contributed by atoms with Gasteiger partial charge in [0, 0.05) is 13.6 Å². The van der Waals surface area contributed by atoms with Crippen LogP contribution in [-0.4, -0.2) is 71.9 Å². The minimum atomic E-state index is -0.108. The van der Waals surface area contributed by atoms with E-state index in [1.54, 1.807) is 18.3 Å². The summed E-state index contributed by atoms with van der Waals surface area (Å²) in [6.45, 7) is 2.31. The molecule has 1 aliphatic rings. The van der Waals surface area contributed by atoms with Gasteiger partial charge in [-0.1, -0.05) is 0 Å². The first kappa shape index (κ1) is 14.7. The highest BCUT2D eigenvalue weighted by molar-refractivity contribution is 5.86. The third kappa shape index (κ3) is 3.31.